The summed E-state index contributed by atoms with van der Waals surface area (Å²) in [6.45, 7) is 3.74. The minimum Gasteiger partial charge on any atom is -0.395 e. The van der Waals surface area contributed by atoms with Crippen LogP contribution < -0.4 is 10.0 Å². The second kappa shape index (κ2) is 5.04. The summed E-state index contributed by atoms with van der Waals surface area (Å²) in [5.74, 6) is 0. The lowest BCUT2D eigenvalue weighted by molar-refractivity contribution is 0.261. The van der Waals surface area contributed by atoms with E-state index in [1.54, 1.807) is 6.92 Å². The van der Waals surface area contributed by atoms with Gasteiger partial charge in [-0.3, -0.25) is 0 Å². The van der Waals surface area contributed by atoms with Crippen molar-refractivity contribution in [1.82, 2.24) is 14.3 Å². The standard InChI is InChI=1S/C7H17N3O3S/c1-7(6-11)9-14(12,13)10-4-2-8-3-5-10/h7-9,11H,2-6H2,1H3/t7-/m1/s1. The Morgan fingerprint density at radius 1 is 1.50 bits per heavy atom. The number of hydrogen-bond acceptors (Lipinski definition) is 4. The molecule has 6 nitrogen and oxygen atoms in total. The molecule has 1 aliphatic rings. The second-order valence-corrected chi connectivity index (χ2v) is 5.06. The molecule has 0 aromatic carbocycles. The number of rotatable bonds is 4. The summed E-state index contributed by atoms with van der Waals surface area (Å²) >= 11 is 0. The lowest BCUT2D eigenvalue weighted by Crippen LogP contribution is -2.52. The predicted molar refractivity (Wildman–Crippen MR) is 53.0 cm³/mol. The summed E-state index contributed by atoms with van der Waals surface area (Å²) in [5.41, 5.74) is 0. The van der Waals surface area contributed by atoms with E-state index in [9.17, 15) is 8.42 Å². The monoisotopic (exact) mass is 223 g/mol. The predicted octanol–water partition coefficient (Wildman–Crippen LogP) is -1.89. The van der Waals surface area contributed by atoms with Crippen molar-refractivity contribution in [3.05, 3.63) is 0 Å². The van der Waals surface area contributed by atoms with E-state index in [2.05, 4.69) is 10.0 Å². The molecule has 14 heavy (non-hydrogen) atoms. The Morgan fingerprint density at radius 3 is 2.57 bits per heavy atom. The van der Waals surface area contributed by atoms with Gasteiger partial charge in [0.25, 0.3) is 10.2 Å². The summed E-state index contributed by atoms with van der Waals surface area (Å²) in [5, 5.41) is 11.8. The van der Waals surface area contributed by atoms with Gasteiger partial charge in [-0.1, -0.05) is 0 Å². The fraction of sp³-hybridized carbons (Fsp3) is 1.00. The van der Waals surface area contributed by atoms with Gasteiger partial charge in [-0.2, -0.15) is 17.4 Å². The molecule has 7 heteroatoms. The van der Waals surface area contributed by atoms with Gasteiger partial charge in [0.2, 0.25) is 0 Å². The normalized spacial score (nSPS) is 22.1. The summed E-state index contributed by atoms with van der Waals surface area (Å²) in [4.78, 5) is 0. The van der Waals surface area contributed by atoms with Gasteiger partial charge in [0.15, 0.2) is 0 Å². The molecule has 1 saturated heterocycles. The lowest BCUT2D eigenvalue weighted by Gasteiger charge is -2.27. The molecule has 0 bridgehead atoms. The van der Waals surface area contributed by atoms with Gasteiger partial charge in [0.05, 0.1) is 6.61 Å². The maximum atomic E-state index is 11.6. The van der Waals surface area contributed by atoms with E-state index in [1.165, 1.54) is 4.31 Å². The number of aliphatic hydroxyl groups is 1. The average molecular weight is 223 g/mol. The van der Waals surface area contributed by atoms with Crippen LogP contribution in [0.5, 0.6) is 0 Å². The van der Waals surface area contributed by atoms with Gasteiger partial charge in [0.1, 0.15) is 0 Å². The number of piperazine rings is 1. The van der Waals surface area contributed by atoms with Gasteiger partial charge >= 0.3 is 0 Å². The quantitative estimate of drug-likeness (QED) is 0.520. The van der Waals surface area contributed by atoms with Gasteiger partial charge in [-0.25, -0.2) is 0 Å². The van der Waals surface area contributed by atoms with Crippen LogP contribution in [0.2, 0.25) is 0 Å². The third-order valence-electron chi connectivity index (χ3n) is 2.04. The molecule has 0 spiro atoms. The molecule has 0 unspecified atom stereocenters. The molecule has 1 heterocycles. The number of nitrogens with zero attached hydrogens (tertiary/aromatic N) is 1. The Bertz CT molecular complexity index is 261. The topological polar surface area (TPSA) is 81.7 Å². The zero-order chi connectivity index (χ0) is 10.6. The highest BCUT2D eigenvalue weighted by molar-refractivity contribution is 7.87. The molecule has 1 atom stereocenters. The molecule has 0 aromatic rings. The molecular formula is C7H17N3O3S. The highest BCUT2D eigenvalue weighted by atomic mass is 32.2. The Morgan fingerprint density at radius 2 is 2.07 bits per heavy atom. The molecule has 0 aliphatic carbocycles. The Kier molecular flexibility index (Phi) is 4.27. The van der Waals surface area contributed by atoms with Crippen molar-refractivity contribution >= 4 is 10.2 Å². The Balaban J connectivity index is 2.54. The minimum absolute atomic E-state index is 0.189. The van der Waals surface area contributed by atoms with Crippen molar-refractivity contribution in [2.24, 2.45) is 0 Å². The van der Waals surface area contributed by atoms with Crippen LogP contribution in [0.15, 0.2) is 0 Å². The highest BCUT2D eigenvalue weighted by Gasteiger charge is 2.24. The molecular weight excluding hydrogens is 206 g/mol. The van der Waals surface area contributed by atoms with Crippen molar-refractivity contribution < 1.29 is 13.5 Å². The van der Waals surface area contributed by atoms with Gasteiger partial charge in [0, 0.05) is 32.2 Å². The molecule has 0 aromatic heterocycles. The summed E-state index contributed by atoms with van der Waals surface area (Å²) in [7, 11) is -3.41. The zero-order valence-electron chi connectivity index (χ0n) is 8.23. The van der Waals surface area contributed by atoms with Crippen molar-refractivity contribution in [3.8, 4) is 0 Å². The first-order valence-electron chi connectivity index (χ1n) is 4.65. The maximum Gasteiger partial charge on any atom is 0.279 e. The molecule has 1 rings (SSSR count). The van der Waals surface area contributed by atoms with E-state index in [4.69, 9.17) is 5.11 Å². The molecule has 1 fully saturated rings. The molecule has 3 N–H and O–H groups in total. The van der Waals surface area contributed by atoms with Crippen molar-refractivity contribution in [2.75, 3.05) is 32.8 Å². The van der Waals surface area contributed by atoms with Crippen molar-refractivity contribution in [1.29, 1.82) is 0 Å². The molecule has 0 amide bonds. The van der Waals surface area contributed by atoms with Crippen LogP contribution in [0, 0.1) is 0 Å². The van der Waals surface area contributed by atoms with Gasteiger partial charge in [-0.15, -0.1) is 0 Å². The Labute approximate surface area is 84.5 Å². The molecule has 0 radical (unpaired) electrons. The van der Waals surface area contributed by atoms with E-state index >= 15 is 0 Å². The minimum atomic E-state index is -3.41. The number of aliphatic hydroxyl groups excluding tert-OH is 1. The third kappa shape index (κ3) is 3.18. The van der Waals surface area contributed by atoms with Crippen LogP contribution in [-0.2, 0) is 10.2 Å². The summed E-state index contributed by atoms with van der Waals surface area (Å²) < 4.78 is 27.0. The first-order valence-corrected chi connectivity index (χ1v) is 6.09. The maximum absolute atomic E-state index is 11.6. The fourth-order valence-corrected chi connectivity index (χ4v) is 2.65. The Hall–Kier alpha value is -0.210. The largest absolute Gasteiger partial charge is 0.395 e. The van der Waals surface area contributed by atoms with E-state index < -0.39 is 16.3 Å². The van der Waals surface area contributed by atoms with Crippen molar-refractivity contribution in [2.45, 2.75) is 13.0 Å². The van der Waals surface area contributed by atoms with E-state index in [1.807, 2.05) is 0 Å². The van der Waals surface area contributed by atoms with E-state index in [0.29, 0.717) is 26.2 Å². The summed E-state index contributed by atoms with van der Waals surface area (Å²) in [6.07, 6.45) is 0. The first kappa shape index (κ1) is 11.9. The van der Waals surface area contributed by atoms with Gasteiger partial charge < -0.3 is 10.4 Å². The highest BCUT2D eigenvalue weighted by Crippen LogP contribution is 2.00. The molecule has 1 aliphatic heterocycles. The number of hydrogen-bond donors (Lipinski definition) is 3. The molecule has 0 saturated carbocycles. The van der Waals surface area contributed by atoms with Crippen LogP contribution in [0.4, 0.5) is 0 Å². The fourth-order valence-electron chi connectivity index (χ4n) is 1.25. The van der Waals surface area contributed by atoms with E-state index in [0.717, 1.165) is 0 Å². The summed E-state index contributed by atoms with van der Waals surface area (Å²) in [6, 6.07) is -0.435. The third-order valence-corrected chi connectivity index (χ3v) is 3.79. The zero-order valence-corrected chi connectivity index (χ0v) is 9.05. The van der Waals surface area contributed by atoms with Gasteiger partial charge in [-0.05, 0) is 6.92 Å². The average Bonchev–Trinajstić information content (AvgIpc) is 2.18. The SMILES string of the molecule is C[C@H](CO)NS(=O)(=O)N1CCNCC1. The van der Waals surface area contributed by atoms with Crippen LogP contribution in [0.3, 0.4) is 0 Å². The molecule has 84 valence electrons. The number of nitrogens with one attached hydrogen (secondary N) is 2. The smallest absolute Gasteiger partial charge is 0.279 e. The van der Waals surface area contributed by atoms with Crippen LogP contribution >= 0.6 is 0 Å². The van der Waals surface area contributed by atoms with Crippen LogP contribution in [0.25, 0.3) is 0 Å². The van der Waals surface area contributed by atoms with Crippen LogP contribution in [0.1, 0.15) is 6.92 Å². The first-order chi connectivity index (χ1) is 6.56. The van der Waals surface area contributed by atoms with E-state index in [-0.39, 0.29) is 6.61 Å². The van der Waals surface area contributed by atoms with Crippen LogP contribution in [-0.4, -0.2) is 56.7 Å². The second-order valence-electron chi connectivity index (χ2n) is 3.36. The van der Waals surface area contributed by atoms with Crippen molar-refractivity contribution in [3.63, 3.8) is 0 Å². The lowest BCUT2D eigenvalue weighted by atomic mass is 10.4.